The smallest absolute Gasteiger partial charge is 0.222 e. The van der Waals surface area contributed by atoms with E-state index in [-0.39, 0.29) is 0 Å². The van der Waals surface area contributed by atoms with Gasteiger partial charge < -0.3 is 4.90 Å². The Hall–Kier alpha value is -1.39. The van der Waals surface area contributed by atoms with Crippen LogP contribution in [0.25, 0.3) is 0 Å². The van der Waals surface area contributed by atoms with E-state index in [1.54, 1.807) is 0 Å². The molecular formula is C18H30N4O. The first kappa shape index (κ1) is 16.5. The van der Waals surface area contributed by atoms with Gasteiger partial charge in [0.25, 0.3) is 0 Å². The highest BCUT2D eigenvalue weighted by Crippen LogP contribution is 2.29. The van der Waals surface area contributed by atoms with Gasteiger partial charge in [-0.1, -0.05) is 31.4 Å². The lowest BCUT2D eigenvalue weighted by Gasteiger charge is -2.32. The van der Waals surface area contributed by atoms with Crippen LogP contribution in [-0.2, 0) is 11.2 Å². The van der Waals surface area contributed by atoms with Gasteiger partial charge in [0.05, 0.1) is 11.7 Å². The third-order valence-corrected chi connectivity index (χ3v) is 5.47. The predicted octanol–water partition coefficient (Wildman–Crippen LogP) is 3.36. The van der Waals surface area contributed by atoms with Crippen molar-refractivity contribution in [3.8, 4) is 0 Å². The molecule has 0 unspecified atom stereocenters. The van der Waals surface area contributed by atoms with Crippen LogP contribution in [0.1, 0.15) is 76.4 Å². The third kappa shape index (κ3) is 4.33. The van der Waals surface area contributed by atoms with E-state index in [1.807, 2.05) is 4.68 Å². The number of hydrogen-bond acceptors (Lipinski definition) is 3. The number of aryl methyl sites for hydroxylation is 1. The van der Waals surface area contributed by atoms with Gasteiger partial charge in [0, 0.05) is 25.7 Å². The highest BCUT2D eigenvalue weighted by molar-refractivity contribution is 5.76. The summed E-state index contributed by atoms with van der Waals surface area (Å²) in [6, 6.07) is 0.411. The molecule has 0 aromatic carbocycles. The van der Waals surface area contributed by atoms with E-state index in [9.17, 15) is 4.79 Å². The van der Waals surface area contributed by atoms with Crippen LogP contribution in [0.3, 0.4) is 0 Å². The highest BCUT2D eigenvalue weighted by Gasteiger charge is 2.27. The van der Waals surface area contributed by atoms with Crippen LogP contribution in [0.15, 0.2) is 6.20 Å². The summed E-state index contributed by atoms with van der Waals surface area (Å²) in [7, 11) is 0. The Bertz CT molecular complexity index is 499. The molecule has 2 fully saturated rings. The summed E-state index contributed by atoms with van der Waals surface area (Å²) in [5, 5.41) is 8.59. The van der Waals surface area contributed by atoms with Crippen LogP contribution in [-0.4, -0.2) is 38.9 Å². The lowest BCUT2D eigenvalue weighted by Crippen LogP contribution is -2.39. The molecule has 1 amide bonds. The number of carbonyl (C=O) groups excluding carboxylic acids is 1. The fourth-order valence-corrected chi connectivity index (χ4v) is 3.93. The standard InChI is InChI=1S/C18H30N4O/c1-2-3-8-16-14-22(20-19-16)17-9-11-21(12-10-17)18(23)13-15-6-4-5-7-15/h14-15,17H,2-13H2,1H3. The Kier molecular flexibility index (Phi) is 5.68. The van der Waals surface area contributed by atoms with E-state index in [0.717, 1.165) is 44.5 Å². The Morgan fingerprint density at radius 3 is 2.65 bits per heavy atom. The lowest BCUT2D eigenvalue weighted by atomic mass is 10.0. The summed E-state index contributed by atoms with van der Waals surface area (Å²) in [4.78, 5) is 14.5. The number of hydrogen-bond donors (Lipinski definition) is 0. The minimum atomic E-state index is 0.373. The zero-order chi connectivity index (χ0) is 16.1. The zero-order valence-electron chi connectivity index (χ0n) is 14.4. The molecule has 2 heterocycles. The van der Waals surface area contributed by atoms with Gasteiger partial charge in [-0.05, 0) is 44.4 Å². The van der Waals surface area contributed by atoms with Crippen LogP contribution in [0.4, 0.5) is 0 Å². The van der Waals surface area contributed by atoms with Gasteiger partial charge in [-0.3, -0.25) is 4.79 Å². The molecule has 128 valence electrons. The molecule has 1 saturated carbocycles. The van der Waals surface area contributed by atoms with Crippen molar-refractivity contribution >= 4 is 5.91 Å². The van der Waals surface area contributed by atoms with Gasteiger partial charge in [0.1, 0.15) is 0 Å². The second-order valence-electron chi connectivity index (χ2n) is 7.26. The molecule has 1 saturated heterocycles. The van der Waals surface area contributed by atoms with Crippen molar-refractivity contribution < 1.29 is 4.79 Å². The largest absolute Gasteiger partial charge is 0.343 e. The van der Waals surface area contributed by atoms with Crippen LogP contribution in [0.2, 0.25) is 0 Å². The van der Waals surface area contributed by atoms with Crippen molar-refractivity contribution in [2.24, 2.45) is 5.92 Å². The minimum absolute atomic E-state index is 0.373. The predicted molar refractivity (Wildman–Crippen MR) is 90.1 cm³/mol. The van der Waals surface area contributed by atoms with Gasteiger partial charge in [0.2, 0.25) is 5.91 Å². The normalized spacial score (nSPS) is 20.3. The van der Waals surface area contributed by atoms with Gasteiger partial charge in [-0.2, -0.15) is 0 Å². The van der Waals surface area contributed by atoms with Crippen molar-refractivity contribution in [2.75, 3.05) is 13.1 Å². The molecular weight excluding hydrogens is 288 g/mol. The zero-order valence-corrected chi connectivity index (χ0v) is 14.4. The molecule has 1 aromatic heterocycles. The van der Waals surface area contributed by atoms with E-state index in [4.69, 9.17) is 0 Å². The summed E-state index contributed by atoms with van der Waals surface area (Å²) in [5.74, 6) is 1.02. The summed E-state index contributed by atoms with van der Waals surface area (Å²) in [6.07, 6.45) is 13.4. The monoisotopic (exact) mass is 318 g/mol. The lowest BCUT2D eigenvalue weighted by molar-refractivity contribution is -0.133. The van der Waals surface area contributed by atoms with E-state index in [0.29, 0.717) is 17.9 Å². The molecule has 2 aliphatic rings. The number of piperidine rings is 1. The molecule has 0 bridgehead atoms. The number of nitrogens with zero attached hydrogens (tertiary/aromatic N) is 4. The number of likely N-dealkylation sites (tertiary alicyclic amines) is 1. The maximum absolute atomic E-state index is 12.4. The first-order valence-corrected chi connectivity index (χ1v) is 9.44. The Morgan fingerprint density at radius 1 is 1.22 bits per heavy atom. The van der Waals surface area contributed by atoms with Crippen molar-refractivity contribution in [3.63, 3.8) is 0 Å². The van der Waals surface area contributed by atoms with Crippen LogP contribution in [0, 0.1) is 5.92 Å². The van der Waals surface area contributed by atoms with Crippen LogP contribution in [0.5, 0.6) is 0 Å². The molecule has 23 heavy (non-hydrogen) atoms. The van der Waals surface area contributed by atoms with E-state index < -0.39 is 0 Å². The average molecular weight is 318 g/mol. The Balaban J connectivity index is 1.45. The van der Waals surface area contributed by atoms with Crippen LogP contribution < -0.4 is 0 Å². The van der Waals surface area contributed by atoms with E-state index in [2.05, 4.69) is 28.3 Å². The fourth-order valence-electron chi connectivity index (χ4n) is 3.93. The molecule has 5 nitrogen and oxygen atoms in total. The Labute approximate surface area is 139 Å². The van der Waals surface area contributed by atoms with Gasteiger partial charge in [0.15, 0.2) is 0 Å². The number of unbranched alkanes of at least 4 members (excludes halogenated alkanes) is 1. The molecule has 1 aromatic rings. The summed E-state index contributed by atoms with van der Waals surface area (Å²) in [6.45, 7) is 3.95. The third-order valence-electron chi connectivity index (χ3n) is 5.47. The highest BCUT2D eigenvalue weighted by atomic mass is 16.2. The second-order valence-corrected chi connectivity index (χ2v) is 7.26. The average Bonchev–Trinajstić information content (AvgIpc) is 3.24. The first-order valence-electron chi connectivity index (χ1n) is 9.44. The summed E-state index contributed by atoms with van der Waals surface area (Å²) >= 11 is 0. The van der Waals surface area contributed by atoms with E-state index in [1.165, 1.54) is 38.5 Å². The topological polar surface area (TPSA) is 51.0 Å². The molecule has 0 radical (unpaired) electrons. The number of aromatic nitrogens is 3. The molecule has 5 heteroatoms. The van der Waals surface area contributed by atoms with Crippen molar-refractivity contribution in [1.29, 1.82) is 0 Å². The molecule has 3 rings (SSSR count). The first-order chi connectivity index (χ1) is 11.3. The van der Waals surface area contributed by atoms with Crippen LogP contribution >= 0.6 is 0 Å². The molecule has 1 aliphatic heterocycles. The SMILES string of the molecule is CCCCc1cn(C2CCN(C(=O)CC3CCCC3)CC2)nn1. The van der Waals surface area contributed by atoms with Gasteiger partial charge in [-0.25, -0.2) is 4.68 Å². The number of carbonyl (C=O) groups is 1. The quantitative estimate of drug-likeness (QED) is 0.808. The molecule has 1 aliphatic carbocycles. The Morgan fingerprint density at radius 2 is 1.96 bits per heavy atom. The number of rotatable bonds is 6. The molecule has 0 spiro atoms. The summed E-state index contributed by atoms with van der Waals surface area (Å²) < 4.78 is 2.03. The maximum atomic E-state index is 12.4. The van der Waals surface area contributed by atoms with Crippen molar-refractivity contribution in [1.82, 2.24) is 19.9 Å². The minimum Gasteiger partial charge on any atom is -0.343 e. The fraction of sp³-hybridized carbons (Fsp3) is 0.833. The second kappa shape index (κ2) is 7.93. The van der Waals surface area contributed by atoms with E-state index >= 15 is 0 Å². The molecule has 0 atom stereocenters. The number of amides is 1. The van der Waals surface area contributed by atoms with Gasteiger partial charge in [-0.15, -0.1) is 5.10 Å². The summed E-state index contributed by atoms with van der Waals surface area (Å²) in [5.41, 5.74) is 1.10. The maximum Gasteiger partial charge on any atom is 0.222 e. The van der Waals surface area contributed by atoms with Crippen molar-refractivity contribution in [2.45, 2.75) is 77.2 Å². The van der Waals surface area contributed by atoms with Gasteiger partial charge >= 0.3 is 0 Å². The molecule has 0 N–H and O–H groups in total. The van der Waals surface area contributed by atoms with Crippen molar-refractivity contribution in [3.05, 3.63) is 11.9 Å².